The van der Waals surface area contributed by atoms with Crippen LogP contribution >= 0.6 is 0 Å². The molecule has 0 radical (unpaired) electrons. The van der Waals surface area contributed by atoms with Gasteiger partial charge < -0.3 is 23.6 Å². The van der Waals surface area contributed by atoms with E-state index in [-0.39, 0.29) is 6.10 Å². The number of quaternary nitrogens is 1. The molecule has 214 valence electrons. The highest BCUT2D eigenvalue weighted by Crippen LogP contribution is 2.47. The third kappa shape index (κ3) is 5.03. The predicted molar refractivity (Wildman–Crippen MR) is 151 cm³/mol. The molecule has 4 saturated heterocycles. The quantitative estimate of drug-likeness (QED) is 0.250. The third-order valence-electron chi connectivity index (χ3n) is 9.90. The molecular weight excluding hydrogens is 504 g/mol. The van der Waals surface area contributed by atoms with Gasteiger partial charge in [0.1, 0.15) is 6.10 Å². The summed E-state index contributed by atoms with van der Waals surface area (Å²) in [5, 5.41) is 0. The standard InChI is InChI=1S/C33H43N2O5/c1-25(38-32(37)34-19-9-4-10-20-34)40-33(26-13-5-2-6-14-26,27-15-7-3-8-16-27)31(36)39-30-23-28-17-18-29(24-30)35(28)21-11-12-22-35/h2-3,5-8,13-16,25,28-30H,4,9-12,17-24H2,1H3/q+1/t25-,28?,29?,30?/m1/s1. The van der Waals surface area contributed by atoms with Gasteiger partial charge in [-0.15, -0.1) is 0 Å². The average Bonchev–Trinajstić information content (AvgIpc) is 3.53. The van der Waals surface area contributed by atoms with E-state index in [4.69, 9.17) is 14.2 Å². The van der Waals surface area contributed by atoms with Gasteiger partial charge in [-0.25, -0.2) is 9.59 Å². The van der Waals surface area contributed by atoms with E-state index in [1.54, 1.807) is 11.8 Å². The topological polar surface area (TPSA) is 65.1 Å². The summed E-state index contributed by atoms with van der Waals surface area (Å²) in [5.74, 6) is -0.440. The van der Waals surface area contributed by atoms with Gasteiger partial charge in [-0.1, -0.05) is 60.7 Å². The molecule has 40 heavy (non-hydrogen) atoms. The number of carbonyl (C=O) groups is 2. The van der Waals surface area contributed by atoms with Gasteiger partial charge >= 0.3 is 12.1 Å². The molecule has 3 atom stereocenters. The molecule has 7 heteroatoms. The monoisotopic (exact) mass is 547 g/mol. The van der Waals surface area contributed by atoms with Gasteiger partial charge in [-0.3, -0.25) is 0 Å². The predicted octanol–water partition coefficient (Wildman–Crippen LogP) is 5.76. The lowest BCUT2D eigenvalue weighted by Crippen LogP contribution is -2.60. The fourth-order valence-electron chi connectivity index (χ4n) is 8.04. The summed E-state index contributed by atoms with van der Waals surface area (Å²) in [6, 6.07) is 20.2. The van der Waals surface area contributed by atoms with Crippen molar-refractivity contribution >= 4 is 12.1 Å². The first-order chi connectivity index (χ1) is 19.5. The van der Waals surface area contributed by atoms with Crippen LogP contribution in [-0.2, 0) is 24.6 Å². The number of likely N-dealkylation sites (tertiary alicyclic amines) is 1. The minimum absolute atomic E-state index is 0.143. The number of hydrogen-bond acceptors (Lipinski definition) is 5. The van der Waals surface area contributed by atoms with Gasteiger partial charge in [0.2, 0.25) is 11.9 Å². The molecule has 0 aliphatic carbocycles. The second-order valence-corrected chi connectivity index (χ2v) is 12.2. The Kier molecular flexibility index (Phi) is 7.87. The van der Waals surface area contributed by atoms with Gasteiger partial charge in [-0.05, 0) is 37.3 Å². The van der Waals surface area contributed by atoms with Crippen molar-refractivity contribution in [3.63, 3.8) is 0 Å². The van der Waals surface area contributed by atoms with E-state index in [0.717, 1.165) is 32.1 Å². The first kappa shape index (κ1) is 27.3. The lowest BCUT2D eigenvalue weighted by Gasteiger charge is -2.47. The molecule has 4 fully saturated rings. The van der Waals surface area contributed by atoms with Crippen LogP contribution in [0.15, 0.2) is 60.7 Å². The van der Waals surface area contributed by atoms with Gasteiger partial charge in [0.15, 0.2) is 0 Å². The molecule has 4 aliphatic rings. The highest BCUT2D eigenvalue weighted by atomic mass is 16.7. The Hall–Kier alpha value is -2.90. The van der Waals surface area contributed by atoms with Crippen LogP contribution in [0.5, 0.6) is 0 Å². The SMILES string of the molecule is C[C@H](OC(=O)N1CCCCC1)OC(C(=O)OC1CC2CCC(C1)[N+]21CCCC1)(c1ccccc1)c1ccccc1. The number of ether oxygens (including phenoxy) is 3. The molecule has 0 aromatic heterocycles. The van der Waals surface area contributed by atoms with E-state index < -0.39 is 24.0 Å². The molecule has 2 aromatic carbocycles. The second-order valence-electron chi connectivity index (χ2n) is 12.2. The molecule has 1 amide bonds. The Bertz CT molecular complexity index is 1100. The Morgan fingerprint density at radius 1 is 0.825 bits per heavy atom. The number of hydrogen-bond donors (Lipinski definition) is 0. The van der Waals surface area contributed by atoms with Crippen LogP contribution < -0.4 is 0 Å². The zero-order valence-corrected chi connectivity index (χ0v) is 23.7. The van der Waals surface area contributed by atoms with E-state index in [1.165, 1.54) is 43.3 Å². The molecule has 2 bridgehead atoms. The summed E-state index contributed by atoms with van der Waals surface area (Å²) in [6.07, 6.45) is 8.42. The van der Waals surface area contributed by atoms with Crippen LogP contribution in [-0.4, -0.2) is 72.1 Å². The number of benzene rings is 2. The number of carbonyl (C=O) groups excluding carboxylic acids is 2. The van der Waals surface area contributed by atoms with E-state index in [9.17, 15) is 9.59 Å². The highest BCUT2D eigenvalue weighted by molar-refractivity contribution is 5.86. The molecule has 7 nitrogen and oxygen atoms in total. The summed E-state index contributed by atoms with van der Waals surface area (Å²) in [7, 11) is 0. The average molecular weight is 548 g/mol. The van der Waals surface area contributed by atoms with E-state index in [0.29, 0.717) is 36.3 Å². The maximum Gasteiger partial charge on any atom is 0.412 e. The molecule has 4 heterocycles. The van der Waals surface area contributed by atoms with Gasteiger partial charge in [0.25, 0.3) is 0 Å². The lowest BCUT2D eigenvalue weighted by molar-refractivity contribution is -0.956. The van der Waals surface area contributed by atoms with Crippen LogP contribution in [0.3, 0.4) is 0 Å². The zero-order valence-electron chi connectivity index (χ0n) is 23.7. The molecule has 1 spiro atoms. The summed E-state index contributed by atoms with van der Waals surface area (Å²) in [5.41, 5.74) is -0.247. The first-order valence-corrected chi connectivity index (χ1v) is 15.3. The van der Waals surface area contributed by atoms with E-state index in [2.05, 4.69) is 0 Å². The Balaban J connectivity index is 1.28. The van der Waals surface area contributed by atoms with Gasteiger partial charge in [0.05, 0.1) is 25.2 Å². The Morgan fingerprint density at radius 2 is 1.38 bits per heavy atom. The second kappa shape index (κ2) is 11.5. The molecule has 4 aliphatic heterocycles. The van der Waals surface area contributed by atoms with Crippen molar-refractivity contribution in [2.75, 3.05) is 26.2 Å². The molecule has 0 saturated carbocycles. The zero-order chi connectivity index (χ0) is 27.6. The fraction of sp³-hybridized carbons (Fsp3) is 0.576. The van der Waals surface area contributed by atoms with E-state index in [1.807, 2.05) is 60.7 Å². The van der Waals surface area contributed by atoms with Crippen molar-refractivity contribution < 1.29 is 28.3 Å². The first-order valence-electron chi connectivity index (χ1n) is 15.3. The van der Waals surface area contributed by atoms with Crippen molar-refractivity contribution in [1.82, 2.24) is 4.90 Å². The minimum atomic E-state index is -1.57. The Labute approximate surface area is 238 Å². The van der Waals surface area contributed by atoms with Crippen molar-refractivity contribution in [3.8, 4) is 0 Å². The smallest absolute Gasteiger partial charge is 0.412 e. The number of esters is 1. The molecule has 2 unspecified atom stereocenters. The number of rotatable bonds is 7. The van der Waals surface area contributed by atoms with Crippen LogP contribution in [0.2, 0.25) is 0 Å². The third-order valence-corrected chi connectivity index (χ3v) is 9.90. The molecule has 0 N–H and O–H groups in total. The summed E-state index contributed by atoms with van der Waals surface area (Å²) in [6.45, 7) is 5.60. The normalized spacial score (nSPS) is 26.4. The summed E-state index contributed by atoms with van der Waals surface area (Å²) < 4.78 is 20.1. The highest BCUT2D eigenvalue weighted by Gasteiger charge is 2.57. The van der Waals surface area contributed by atoms with Crippen LogP contribution in [0.25, 0.3) is 0 Å². The van der Waals surface area contributed by atoms with Crippen molar-refractivity contribution in [2.45, 2.75) is 94.8 Å². The van der Waals surface area contributed by atoms with Crippen molar-refractivity contribution in [2.24, 2.45) is 0 Å². The van der Waals surface area contributed by atoms with Gasteiger partial charge in [-0.2, -0.15) is 0 Å². The fourth-order valence-corrected chi connectivity index (χ4v) is 8.04. The maximum absolute atomic E-state index is 14.5. The van der Waals surface area contributed by atoms with Crippen LogP contribution in [0, 0.1) is 0 Å². The Morgan fingerprint density at radius 3 is 1.93 bits per heavy atom. The minimum Gasteiger partial charge on any atom is -0.459 e. The van der Waals surface area contributed by atoms with Gasteiger partial charge in [0, 0.05) is 51.6 Å². The van der Waals surface area contributed by atoms with Crippen LogP contribution in [0.1, 0.15) is 75.8 Å². The van der Waals surface area contributed by atoms with Crippen molar-refractivity contribution in [1.29, 1.82) is 0 Å². The largest absolute Gasteiger partial charge is 0.459 e. The number of piperidine rings is 2. The summed E-state index contributed by atoms with van der Waals surface area (Å²) in [4.78, 5) is 29.2. The summed E-state index contributed by atoms with van der Waals surface area (Å²) >= 11 is 0. The molecule has 2 aromatic rings. The number of nitrogens with zero attached hydrogens (tertiary/aromatic N) is 2. The molecule has 6 rings (SSSR count). The van der Waals surface area contributed by atoms with Crippen molar-refractivity contribution in [3.05, 3.63) is 71.8 Å². The van der Waals surface area contributed by atoms with E-state index >= 15 is 0 Å². The maximum atomic E-state index is 14.5. The lowest BCUT2D eigenvalue weighted by atomic mass is 9.85. The van der Waals surface area contributed by atoms with Crippen LogP contribution in [0.4, 0.5) is 4.79 Å². The number of amides is 1. The molecular formula is C33H43N2O5+.